The van der Waals surface area contributed by atoms with Crippen LogP contribution in [0.3, 0.4) is 0 Å². The van der Waals surface area contributed by atoms with Crippen LogP contribution in [0.5, 0.6) is 0 Å². The molecular weight excluding hydrogens is 268 g/mol. The molecule has 0 atom stereocenters. The molecule has 5 nitrogen and oxygen atoms in total. The monoisotopic (exact) mass is 296 g/mol. The van der Waals surface area contributed by atoms with Crippen molar-refractivity contribution in [2.45, 2.75) is 46.0 Å². The molecule has 0 unspecified atom stereocenters. The van der Waals surface area contributed by atoms with Crippen molar-refractivity contribution < 1.29 is 14.7 Å². The first kappa shape index (κ1) is 16.1. The maximum absolute atomic E-state index is 12.5. The number of rotatable bonds is 3. The summed E-state index contributed by atoms with van der Waals surface area (Å²) in [6, 6.07) is 0.158. The normalized spacial score (nSPS) is 21.9. The van der Waals surface area contributed by atoms with Crippen LogP contribution in [0, 0.1) is 17.8 Å². The van der Waals surface area contributed by atoms with Gasteiger partial charge in [0.1, 0.15) is 0 Å². The highest BCUT2D eigenvalue weighted by atomic mass is 16.4. The minimum absolute atomic E-state index is 0.158. The molecule has 0 spiro atoms. The van der Waals surface area contributed by atoms with Gasteiger partial charge in [0, 0.05) is 32.6 Å². The van der Waals surface area contributed by atoms with Crippen molar-refractivity contribution in [1.82, 2.24) is 9.80 Å². The van der Waals surface area contributed by atoms with Crippen LogP contribution in [0.15, 0.2) is 0 Å². The second-order valence-electron chi connectivity index (χ2n) is 6.88. The molecule has 0 saturated carbocycles. The maximum Gasteiger partial charge on any atom is 0.319 e. The lowest BCUT2D eigenvalue weighted by molar-refractivity contribution is -0.138. The highest BCUT2D eigenvalue weighted by molar-refractivity contribution is 5.74. The van der Waals surface area contributed by atoms with Crippen molar-refractivity contribution in [3.05, 3.63) is 0 Å². The van der Waals surface area contributed by atoms with Gasteiger partial charge in [0.2, 0.25) is 0 Å². The minimum atomic E-state index is -0.726. The van der Waals surface area contributed by atoms with E-state index in [1.807, 2.05) is 9.80 Å². The number of hydrogen-bond donors (Lipinski definition) is 1. The Morgan fingerprint density at radius 2 is 1.48 bits per heavy atom. The number of hydrogen-bond acceptors (Lipinski definition) is 2. The average Bonchev–Trinajstić information content (AvgIpc) is 2.47. The van der Waals surface area contributed by atoms with Crippen LogP contribution in [0.1, 0.15) is 46.0 Å². The van der Waals surface area contributed by atoms with Crippen molar-refractivity contribution in [3.63, 3.8) is 0 Å². The standard InChI is InChI=1S/C16H28N2O3/c1-12(2)14-5-9-18(10-6-14)16(21)17-7-3-13(4-8-17)11-15(19)20/h12-14H,3-11H2,1-2H3,(H,19,20). The van der Waals surface area contributed by atoms with E-state index in [-0.39, 0.29) is 18.4 Å². The lowest BCUT2D eigenvalue weighted by Crippen LogP contribution is -2.49. The van der Waals surface area contributed by atoms with Crippen LogP contribution >= 0.6 is 0 Å². The van der Waals surface area contributed by atoms with Gasteiger partial charge in [-0.15, -0.1) is 0 Å². The van der Waals surface area contributed by atoms with Crippen molar-refractivity contribution in [2.75, 3.05) is 26.2 Å². The zero-order valence-corrected chi connectivity index (χ0v) is 13.3. The van der Waals surface area contributed by atoms with Gasteiger partial charge in [0.15, 0.2) is 0 Å². The Balaban J connectivity index is 1.76. The number of carboxylic acid groups (broad SMARTS) is 1. The summed E-state index contributed by atoms with van der Waals surface area (Å²) in [4.78, 5) is 27.1. The van der Waals surface area contributed by atoms with Crippen LogP contribution < -0.4 is 0 Å². The smallest absolute Gasteiger partial charge is 0.319 e. The fourth-order valence-electron chi connectivity index (χ4n) is 3.53. The van der Waals surface area contributed by atoms with Crippen LogP contribution in [0.4, 0.5) is 4.79 Å². The third-order valence-corrected chi connectivity index (χ3v) is 5.10. The van der Waals surface area contributed by atoms with Gasteiger partial charge in [-0.1, -0.05) is 13.8 Å². The summed E-state index contributed by atoms with van der Waals surface area (Å²) in [7, 11) is 0. The average molecular weight is 296 g/mol. The van der Waals surface area contributed by atoms with Gasteiger partial charge in [0.05, 0.1) is 0 Å². The summed E-state index contributed by atoms with van der Waals surface area (Å²) in [5.74, 6) is 0.957. The molecule has 0 aliphatic carbocycles. The van der Waals surface area contributed by atoms with Gasteiger partial charge < -0.3 is 14.9 Å². The molecule has 1 N–H and O–H groups in total. The summed E-state index contributed by atoms with van der Waals surface area (Å²) >= 11 is 0. The molecule has 0 bridgehead atoms. The highest BCUT2D eigenvalue weighted by Gasteiger charge is 2.30. The number of urea groups is 1. The first-order chi connectivity index (χ1) is 9.97. The lowest BCUT2D eigenvalue weighted by Gasteiger charge is -2.39. The molecule has 5 heteroatoms. The second kappa shape index (κ2) is 7.14. The predicted octanol–water partition coefficient (Wildman–Crippen LogP) is 2.66. The Morgan fingerprint density at radius 3 is 1.90 bits per heavy atom. The van der Waals surface area contributed by atoms with Gasteiger partial charge in [-0.25, -0.2) is 4.79 Å². The molecule has 2 aliphatic rings. The van der Waals surface area contributed by atoms with E-state index >= 15 is 0 Å². The number of carbonyl (C=O) groups is 2. The molecule has 21 heavy (non-hydrogen) atoms. The molecule has 2 fully saturated rings. The first-order valence-electron chi connectivity index (χ1n) is 8.23. The quantitative estimate of drug-likeness (QED) is 0.871. The van der Waals surface area contributed by atoms with Gasteiger partial charge in [0.25, 0.3) is 0 Å². The minimum Gasteiger partial charge on any atom is -0.481 e. The third-order valence-electron chi connectivity index (χ3n) is 5.10. The number of nitrogens with zero attached hydrogens (tertiary/aromatic N) is 2. The first-order valence-corrected chi connectivity index (χ1v) is 8.23. The zero-order chi connectivity index (χ0) is 15.4. The largest absolute Gasteiger partial charge is 0.481 e. The topological polar surface area (TPSA) is 60.9 Å². The van der Waals surface area contributed by atoms with Crippen LogP contribution in [0.2, 0.25) is 0 Å². The number of carbonyl (C=O) groups excluding carboxylic acids is 1. The Labute approximate surface area is 127 Å². The van der Waals surface area contributed by atoms with Crippen LogP contribution in [-0.4, -0.2) is 53.1 Å². The van der Waals surface area contributed by atoms with E-state index in [9.17, 15) is 9.59 Å². The summed E-state index contributed by atoms with van der Waals surface area (Å²) in [6.45, 7) is 7.68. The fourth-order valence-corrected chi connectivity index (χ4v) is 3.53. The molecule has 0 radical (unpaired) electrons. The fraction of sp³-hybridized carbons (Fsp3) is 0.875. The number of amides is 2. The Kier molecular flexibility index (Phi) is 5.48. The maximum atomic E-state index is 12.5. The molecule has 2 heterocycles. The van der Waals surface area contributed by atoms with Crippen molar-refractivity contribution in [2.24, 2.45) is 17.8 Å². The number of carboxylic acids is 1. The molecule has 0 aromatic rings. The predicted molar refractivity (Wildman–Crippen MR) is 81.1 cm³/mol. The highest BCUT2D eigenvalue weighted by Crippen LogP contribution is 2.26. The molecule has 0 aromatic heterocycles. The molecule has 2 amide bonds. The zero-order valence-electron chi connectivity index (χ0n) is 13.3. The van der Waals surface area contributed by atoms with E-state index in [1.54, 1.807) is 0 Å². The molecule has 2 saturated heterocycles. The summed E-state index contributed by atoms with van der Waals surface area (Å²) in [6.07, 6.45) is 4.10. The summed E-state index contributed by atoms with van der Waals surface area (Å²) < 4.78 is 0. The molecular formula is C16H28N2O3. The molecule has 2 aliphatic heterocycles. The number of piperidine rings is 2. The van der Waals surface area contributed by atoms with Gasteiger partial charge in [-0.05, 0) is 43.4 Å². The third kappa shape index (κ3) is 4.35. The van der Waals surface area contributed by atoms with Gasteiger partial charge >= 0.3 is 12.0 Å². The molecule has 120 valence electrons. The number of aliphatic carboxylic acids is 1. The van der Waals surface area contributed by atoms with E-state index in [2.05, 4.69) is 13.8 Å². The van der Waals surface area contributed by atoms with Crippen LogP contribution in [0.25, 0.3) is 0 Å². The van der Waals surface area contributed by atoms with Crippen molar-refractivity contribution in [1.29, 1.82) is 0 Å². The Hall–Kier alpha value is -1.26. The SMILES string of the molecule is CC(C)C1CCN(C(=O)N2CCC(CC(=O)O)CC2)CC1. The summed E-state index contributed by atoms with van der Waals surface area (Å²) in [5.41, 5.74) is 0. The van der Waals surface area contributed by atoms with E-state index < -0.39 is 5.97 Å². The molecule has 0 aromatic carbocycles. The molecule has 2 rings (SSSR count). The Morgan fingerprint density at radius 1 is 1.00 bits per heavy atom. The Bertz CT molecular complexity index is 368. The van der Waals surface area contributed by atoms with Crippen molar-refractivity contribution in [3.8, 4) is 0 Å². The van der Waals surface area contributed by atoms with Gasteiger partial charge in [-0.3, -0.25) is 4.79 Å². The van der Waals surface area contributed by atoms with E-state index in [0.29, 0.717) is 19.0 Å². The summed E-state index contributed by atoms with van der Waals surface area (Å²) in [5, 5.41) is 8.83. The van der Waals surface area contributed by atoms with E-state index in [1.165, 1.54) is 0 Å². The van der Waals surface area contributed by atoms with Gasteiger partial charge in [-0.2, -0.15) is 0 Å². The van der Waals surface area contributed by atoms with Crippen molar-refractivity contribution >= 4 is 12.0 Å². The lowest BCUT2D eigenvalue weighted by atomic mass is 9.87. The number of likely N-dealkylation sites (tertiary alicyclic amines) is 2. The van der Waals surface area contributed by atoms with E-state index in [0.717, 1.165) is 44.7 Å². The van der Waals surface area contributed by atoms with Crippen LogP contribution in [-0.2, 0) is 4.79 Å². The second-order valence-corrected chi connectivity index (χ2v) is 6.88. The van der Waals surface area contributed by atoms with E-state index in [4.69, 9.17) is 5.11 Å².